The average Bonchev–Trinajstić information content (AvgIpc) is 3.24. The predicted molar refractivity (Wildman–Crippen MR) is 111 cm³/mol. The van der Waals surface area contributed by atoms with Crippen molar-refractivity contribution in [3.8, 4) is 0 Å². The molecule has 0 bridgehead atoms. The number of rotatable bonds is 5. The molecule has 0 atom stereocenters. The van der Waals surface area contributed by atoms with Crippen LogP contribution in [0.4, 0.5) is 19.6 Å². The van der Waals surface area contributed by atoms with Crippen molar-refractivity contribution in [3.63, 3.8) is 0 Å². The van der Waals surface area contributed by atoms with E-state index in [-0.39, 0.29) is 17.5 Å². The Bertz CT molecular complexity index is 984. The molecule has 5 nitrogen and oxygen atoms in total. The third-order valence-corrected chi connectivity index (χ3v) is 5.74. The van der Waals surface area contributed by atoms with Crippen LogP contribution in [0.5, 0.6) is 0 Å². The molecule has 150 valence electrons. The number of benzene rings is 2. The number of para-hydroxylation sites is 1. The number of nitrogens with one attached hydrogen (secondary N) is 1. The van der Waals surface area contributed by atoms with Gasteiger partial charge in [0.2, 0.25) is 0 Å². The van der Waals surface area contributed by atoms with Gasteiger partial charge in [-0.15, -0.1) is 11.3 Å². The smallest absolute Gasteiger partial charge is 0.271 e. The molecule has 1 saturated heterocycles. The molecule has 0 spiro atoms. The number of halogens is 2. The van der Waals surface area contributed by atoms with E-state index in [1.807, 2.05) is 11.0 Å². The maximum atomic E-state index is 14.0. The van der Waals surface area contributed by atoms with E-state index in [9.17, 15) is 13.6 Å². The van der Waals surface area contributed by atoms with E-state index in [0.29, 0.717) is 44.1 Å². The number of anilines is 2. The zero-order valence-corrected chi connectivity index (χ0v) is 16.5. The summed E-state index contributed by atoms with van der Waals surface area (Å²) in [6.45, 7) is 3.10. The van der Waals surface area contributed by atoms with Gasteiger partial charge >= 0.3 is 0 Å². The Morgan fingerprint density at radius 3 is 2.41 bits per heavy atom. The Kier molecular flexibility index (Phi) is 5.71. The molecule has 1 aliphatic rings. The standard InChI is InChI=1S/C21H20F2N4OS/c22-16-7-5-15(6-8-16)13-24-20(28)18-14-29-21(25-18)27-11-9-26(10-12-27)19-4-2-1-3-17(19)23/h1-8,14H,9-13H2,(H,24,28). The van der Waals surface area contributed by atoms with Crippen molar-refractivity contribution in [3.05, 3.63) is 76.8 Å². The molecule has 0 unspecified atom stereocenters. The van der Waals surface area contributed by atoms with Gasteiger partial charge in [-0.25, -0.2) is 13.8 Å². The van der Waals surface area contributed by atoms with E-state index in [1.54, 1.807) is 29.6 Å². The van der Waals surface area contributed by atoms with Crippen molar-refractivity contribution < 1.29 is 13.6 Å². The first-order valence-electron chi connectivity index (χ1n) is 9.33. The second-order valence-electron chi connectivity index (χ2n) is 6.75. The van der Waals surface area contributed by atoms with Crippen LogP contribution in [-0.2, 0) is 6.54 Å². The monoisotopic (exact) mass is 414 g/mol. The molecule has 8 heteroatoms. The highest BCUT2D eigenvalue weighted by molar-refractivity contribution is 7.13. The van der Waals surface area contributed by atoms with Gasteiger partial charge < -0.3 is 15.1 Å². The number of hydrogen-bond donors (Lipinski definition) is 1. The molecule has 1 fully saturated rings. The average molecular weight is 414 g/mol. The fraction of sp³-hybridized carbons (Fsp3) is 0.238. The number of piperazine rings is 1. The Morgan fingerprint density at radius 2 is 1.69 bits per heavy atom. The number of thiazole rings is 1. The van der Waals surface area contributed by atoms with Crippen LogP contribution in [0.25, 0.3) is 0 Å². The second-order valence-corrected chi connectivity index (χ2v) is 7.59. The highest BCUT2D eigenvalue weighted by Crippen LogP contribution is 2.25. The lowest BCUT2D eigenvalue weighted by Crippen LogP contribution is -2.46. The summed E-state index contributed by atoms with van der Waals surface area (Å²) in [7, 11) is 0. The molecule has 1 amide bonds. The molecule has 1 aromatic heterocycles. The molecule has 0 aliphatic carbocycles. The summed E-state index contributed by atoms with van der Waals surface area (Å²) in [5.41, 5.74) is 1.80. The molecule has 2 heterocycles. The summed E-state index contributed by atoms with van der Waals surface area (Å²) in [5, 5.41) is 5.32. The zero-order valence-electron chi connectivity index (χ0n) is 15.6. The van der Waals surface area contributed by atoms with Gasteiger partial charge in [-0.1, -0.05) is 24.3 Å². The van der Waals surface area contributed by atoms with Gasteiger partial charge in [0.25, 0.3) is 5.91 Å². The van der Waals surface area contributed by atoms with E-state index in [1.165, 1.54) is 29.5 Å². The molecule has 1 aliphatic heterocycles. The van der Waals surface area contributed by atoms with Gasteiger partial charge in [-0.3, -0.25) is 4.79 Å². The summed E-state index contributed by atoms with van der Waals surface area (Å²) in [6.07, 6.45) is 0. The number of aromatic nitrogens is 1. The minimum atomic E-state index is -0.306. The first-order chi connectivity index (χ1) is 14.1. The summed E-state index contributed by atoms with van der Waals surface area (Å²) < 4.78 is 26.9. The summed E-state index contributed by atoms with van der Waals surface area (Å²) >= 11 is 1.42. The van der Waals surface area contributed by atoms with Crippen LogP contribution in [0.1, 0.15) is 16.1 Å². The van der Waals surface area contributed by atoms with E-state index in [2.05, 4.69) is 15.2 Å². The first kappa shape index (κ1) is 19.3. The molecule has 4 rings (SSSR count). The molecule has 3 aromatic rings. The van der Waals surface area contributed by atoms with Gasteiger partial charge in [0.1, 0.15) is 17.3 Å². The third-order valence-electron chi connectivity index (χ3n) is 4.83. The Balaban J connectivity index is 1.33. The highest BCUT2D eigenvalue weighted by Gasteiger charge is 2.22. The number of amides is 1. The minimum absolute atomic E-state index is 0.213. The van der Waals surface area contributed by atoms with Crippen molar-refractivity contribution in [2.75, 3.05) is 36.0 Å². The molecular weight excluding hydrogens is 394 g/mol. The summed E-state index contributed by atoms with van der Waals surface area (Å²) in [4.78, 5) is 20.9. The first-order valence-corrected chi connectivity index (χ1v) is 10.2. The van der Waals surface area contributed by atoms with Crippen LogP contribution in [-0.4, -0.2) is 37.1 Å². The Hall–Kier alpha value is -3.00. The van der Waals surface area contributed by atoms with E-state index >= 15 is 0 Å². The molecule has 0 saturated carbocycles. The van der Waals surface area contributed by atoms with Crippen molar-refractivity contribution in [1.82, 2.24) is 10.3 Å². The predicted octanol–water partition coefficient (Wildman–Crippen LogP) is 3.68. The normalized spacial score (nSPS) is 14.1. The molecule has 1 N–H and O–H groups in total. The minimum Gasteiger partial charge on any atom is -0.366 e. The highest BCUT2D eigenvalue weighted by atomic mass is 32.1. The van der Waals surface area contributed by atoms with E-state index in [0.717, 1.165) is 10.7 Å². The van der Waals surface area contributed by atoms with Gasteiger partial charge in [0.15, 0.2) is 5.13 Å². The van der Waals surface area contributed by atoms with Crippen molar-refractivity contribution >= 4 is 28.1 Å². The lowest BCUT2D eigenvalue weighted by Gasteiger charge is -2.36. The van der Waals surface area contributed by atoms with Gasteiger partial charge in [-0.05, 0) is 29.8 Å². The van der Waals surface area contributed by atoms with E-state index in [4.69, 9.17) is 0 Å². The topological polar surface area (TPSA) is 48.5 Å². The molecule has 29 heavy (non-hydrogen) atoms. The van der Waals surface area contributed by atoms with Gasteiger partial charge in [0, 0.05) is 38.1 Å². The Morgan fingerprint density at radius 1 is 1.00 bits per heavy atom. The maximum Gasteiger partial charge on any atom is 0.271 e. The van der Waals surface area contributed by atoms with Crippen molar-refractivity contribution in [2.24, 2.45) is 0 Å². The number of carbonyl (C=O) groups is 1. The second kappa shape index (κ2) is 8.57. The van der Waals surface area contributed by atoms with Crippen LogP contribution in [0.3, 0.4) is 0 Å². The summed E-state index contributed by atoms with van der Waals surface area (Å²) in [6, 6.07) is 12.8. The number of hydrogen-bond acceptors (Lipinski definition) is 5. The fourth-order valence-corrected chi connectivity index (χ4v) is 4.10. The number of nitrogens with zero attached hydrogens (tertiary/aromatic N) is 3. The van der Waals surface area contributed by atoms with Gasteiger partial charge in [-0.2, -0.15) is 0 Å². The molecular formula is C21H20F2N4OS. The fourth-order valence-electron chi connectivity index (χ4n) is 3.24. The van der Waals surface area contributed by atoms with Crippen LogP contribution < -0.4 is 15.1 Å². The third kappa shape index (κ3) is 4.54. The SMILES string of the molecule is O=C(NCc1ccc(F)cc1)c1csc(N2CCN(c3ccccc3F)CC2)n1. The van der Waals surface area contributed by atoms with Gasteiger partial charge in [0.05, 0.1) is 5.69 Å². The van der Waals surface area contributed by atoms with Crippen LogP contribution in [0.15, 0.2) is 53.9 Å². The van der Waals surface area contributed by atoms with Crippen LogP contribution in [0, 0.1) is 11.6 Å². The molecule has 2 aromatic carbocycles. The molecule has 0 radical (unpaired) electrons. The lowest BCUT2D eigenvalue weighted by molar-refractivity contribution is 0.0946. The van der Waals surface area contributed by atoms with Crippen molar-refractivity contribution in [2.45, 2.75) is 6.54 Å². The Labute approximate surface area is 171 Å². The van der Waals surface area contributed by atoms with Crippen LogP contribution >= 0.6 is 11.3 Å². The largest absolute Gasteiger partial charge is 0.366 e. The number of carbonyl (C=O) groups excluding carboxylic acids is 1. The van der Waals surface area contributed by atoms with Crippen molar-refractivity contribution in [1.29, 1.82) is 0 Å². The lowest BCUT2D eigenvalue weighted by atomic mass is 10.2. The quantitative estimate of drug-likeness (QED) is 0.692. The van der Waals surface area contributed by atoms with E-state index < -0.39 is 0 Å². The summed E-state index contributed by atoms with van der Waals surface area (Å²) in [5.74, 6) is -0.781. The maximum absolute atomic E-state index is 14.0. The van der Waals surface area contributed by atoms with Crippen LogP contribution in [0.2, 0.25) is 0 Å². The zero-order chi connectivity index (χ0) is 20.2.